The summed E-state index contributed by atoms with van der Waals surface area (Å²) in [5.41, 5.74) is 15.5. The van der Waals surface area contributed by atoms with E-state index in [2.05, 4.69) is 9.98 Å². The van der Waals surface area contributed by atoms with Gasteiger partial charge in [-0.1, -0.05) is 12.1 Å². The van der Waals surface area contributed by atoms with Crippen molar-refractivity contribution in [3.8, 4) is 5.75 Å². The molecular weight excluding hydrogens is 225 g/mol. The first-order chi connectivity index (χ1) is 8.09. The highest BCUT2D eigenvalue weighted by Crippen LogP contribution is 2.14. The van der Waals surface area contributed by atoms with Crippen LogP contribution in [0.5, 0.6) is 5.75 Å². The standard InChI is InChI=1S/C10H14FN5O/c11-7-3-1-2-4-8(7)17-6-5-15-10(14)16-9(12)13/h1-4H,5-6H2,(H6,12,13,14,15,16). The van der Waals surface area contributed by atoms with Gasteiger partial charge in [0.15, 0.2) is 17.5 Å². The molecule has 0 heterocycles. The van der Waals surface area contributed by atoms with E-state index in [0.717, 1.165) is 0 Å². The van der Waals surface area contributed by atoms with Gasteiger partial charge < -0.3 is 21.9 Å². The monoisotopic (exact) mass is 239 g/mol. The summed E-state index contributed by atoms with van der Waals surface area (Å²) in [5, 5.41) is 0. The Hall–Kier alpha value is -2.31. The first-order valence-electron chi connectivity index (χ1n) is 4.86. The minimum absolute atomic E-state index is 0.0397. The van der Waals surface area contributed by atoms with Crippen LogP contribution in [-0.4, -0.2) is 25.1 Å². The van der Waals surface area contributed by atoms with Crippen molar-refractivity contribution in [3.05, 3.63) is 30.1 Å². The van der Waals surface area contributed by atoms with E-state index in [0.29, 0.717) is 0 Å². The Kier molecular flexibility index (Phi) is 4.74. The van der Waals surface area contributed by atoms with E-state index < -0.39 is 5.82 Å². The Labute approximate surface area is 98.0 Å². The Morgan fingerprint density at radius 2 is 1.94 bits per heavy atom. The highest BCUT2D eigenvalue weighted by molar-refractivity contribution is 5.92. The Morgan fingerprint density at radius 1 is 1.24 bits per heavy atom. The topological polar surface area (TPSA) is 112 Å². The number of benzene rings is 1. The number of nitrogens with zero attached hydrogens (tertiary/aromatic N) is 2. The van der Waals surface area contributed by atoms with Crippen molar-refractivity contribution in [2.45, 2.75) is 0 Å². The molecule has 0 spiro atoms. The molecule has 92 valence electrons. The number of guanidine groups is 2. The molecular formula is C10H14FN5O. The molecule has 6 nitrogen and oxygen atoms in total. The number of para-hydroxylation sites is 1. The van der Waals surface area contributed by atoms with Gasteiger partial charge in [-0.15, -0.1) is 0 Å². The summed E-state index contributed by atoms with van der Waals surface area (Å²) in [4.78, 5) is 7.32. The van der Waals surface area contributed by atoms with Crippen LogP contribution >= 0.6 is 0 Å². The van der Waals surface area contributed by atoms with Crippen molar-refractivity contribution in [1.29, 1.82) is 0 Å². The molecule has 0 aliphatic rings. The highest BCUT2D eigenvalue weighted by Gasteiger charge is 2.00. The number of hydrogen-bond acceptors (Lipinski definition) is 2. The zero-order chi connectivity index (χ0) is 12.7. The fourth-order valence-electron chi connectivity index (χ4n) is 1.05. The summed E-state index contributed by atoms with van der Waals surface area (Å²) in [6.45, 7) is 0.415. The van der Waals surface area contributed by atoms with Crippen molar-refractivity contribution in [2.24, 2.45) is 27.2 Å². The van der Waals surface area contributed by atoms with E-state index in [9.17, 15) is 4.39 Å². The fourth-order valence-corrected chi connectivity index (χ4v) is 1.05. The molecule has 0 aromatic heterocycles. The van der Waals surface area contributed by atoms with Crippen LogP contribution in [0.15, 0.2) is 34.3 Å². The summed E-state index contributed by atoms with van der Waals surface area (Å²) in [6, 6.07) is 6.09. The van der Waals surface area contributed by atoms with Gasteiger partial charge in [0.2, 0.25) is 5.96 Å². The lowest BCUT2D eigenvalue weighted by Gasteiger charge is -2.04. The number of aliphatic imine (C=N–C) groups is 2. The second-order valence-corrected chi connectivity index (χ2v) is 3.06. The van der Waals surface area contributed by atoms with E-state index in [1.165, 1.54) is 12.1 Å². The van der Waals surface area contributed by atoms with Gasteiger partial charge in [-0.25, -0.2) is 9.38 Å². The molecule has 0 saturated carbocycles. The molecule has 17 heavy (non-hydrogen) atoms. The summed E-state index contributed by atoms with van der Waals surface area (Å²) < 4.78 is 18.3. The summed E-state index contributed by atoms with van der Waals surface area (Å²) in [5.74, 6) is -0.458. The van der Waals surface area contributed by atoms with Crippen molar-refractivity contribution in [1.82, 2.24) is 0 Å². The van der Waals surface area contributed by atoms with Gasteiger partial charge in [0.1, 0.15) is 6.61 Å². The van der Waals surface area contributed by atoms with Gasteiger partial charge >= 0.3 is 0 Å². The quantitative estimate of drug-likeness (QED) is 0.383. The van der Waals surface area contributed by atoms with Crippen molar-refractivity contribution in [2.75, 3.05) is 13.2 Å². The lowest BCUT2D eigenvalue weighted by atomic mass is 10.3. The van der Waals surface area contributed by atoms with Crippen molar-refractivity contribution in [3.63, 3.8) is 0 Å². The predicted octanol–water partition coefficient (Wildman–Crippen LogP) is -0.207. The van der Waals surface area contributed by atoms with Gasteiger partial charge in [0.25, 0.3) is 0 Å². The second-order valence-electron chi connectivity index (χ2n) is 3.06. The molecule has 0 bridgehead atoms. The van der Waals surface area contributed by atoms with Gasteiger partial charge in [0, 0.05) is 0 Å². The van der Waals surface area contributed by atoms with E-state index in [4.69, 9.17) is 21.9 Å². The molecule has 0 saturated heterocycles. The zero-order valence-corrected chi connectivity index (χ0v) is 9.14. The maximum atomic E-state index is 13.1. The smallest absolute Gasteiger partial charge is 0.218 e. The van der Waals surface area contributed by atoms with Crippen molar-refractivity contribution >= 4 is 11.9 Å². The molecule has 0 atom stereocenters. The third kappa shape index (κ3) is 4.83. The lowest BCUT2D eigenvalue weighted by Crippen LogP contribution is -2.26. The molecule has 0 aliphatic heterocycles. The average molecular weight is 239 g/mol. The Balaban J connectivity index is 2.39. The third-order valence-corrected chi connectivity index (χ3v) is 1.70. The minimum atomic E-state index is -0.423. The predicted molar refractivity (Wildman–Crippen MR) is 64.2 cm³/mol. The minimum Gasteiger partial charge on any atom is -0.489 e. The van der Waals surface area contributed by atoms with Crippen LogP contribution in [0.25, 0.3) is 0 Å². The van der Waals surface area contributed by atoms with E-state index in [1.807, 2.05) is 0 Å². The fraction of sp³-hybridized carbons (Fsp3) is 0.200. The van der Waals surface area contributed by atoms with E-state index in [-0.39, 0.29) is 30.8 Å². The number of hydrogen-bond donors (Lipinski definition) is 3. The SMILES string of the molecule is NC(N)=NC(N)=NCCOc1ccccc1F. The van der Waals surface area contributed by atoms with Crippen LogP contribution in [0, 0.1) is 5.82 Å². The Morgan fingerprint density at radius 3 is 2.59 bits per heavy atom. The van der Waals surface area contributed by atoms with Crippen LogP contribution in [0.2, 0.25) is 0 Å². The number of nitrogens with two attached hydrogens (primary N) is 3. The molecule has 0 fully saturated rings. The largest absolute Gasteiger partial charge is 0.489 e. The molecule has 1 aromatic carbocycles. The van der Waals surface area contributed by atoms with Gasteiger partial charge in [-0.3, -0.25) is 0 Å². The van der Waals surface area contributed by atoms with Crippen LogP contribution in [-0.2, 0) is 0 Å². The maximum absolute atomic E-state index is 13.1. The molecule has 0 amide bonds. The van der Waals surface area contributed by atoms with Crippen LogP contribution < -0.4 is 21.9 Å². The first-order valence-corrected chi connectivity index (χ1v) is 4.86. The normalized spacial score (nSPS) is 11.0. The Bertz CT molecular complexity index is 428. The van der Waals surface area contributed by atoms with Crippen LogP contribution in [0.3, 0.4) is 0 Å². The van der Waals surface area contributed by atoms with E-state index in [1.54, 1.807) is 12.1 Å². The van der Waals surface area contributed by atoms with Gasteiger partial charge in [0.05, 0.1) is 6.54 Å². The van der Waals surface area contributed by atoms with E-state index >= 15 is 0 Å². The van der Waals surface area contributed by atoms with Crippen molar-refractivity contribution < 1.29 is 9.13 Å². The number of ether oxygens (including phenoxy) is 1. The summed E-state index contributed by atoms with van der Waals surface area (Å²) in [7, 11) is 0. The molecule has 1 rings (SSSR count). The molecule has 7 heteroatoms. The molecule has 0 radical (unpaired) electrons. The summed E-state index contributed by atoms with van der Waals surface area (Å²) in [6.07, 6.45) is 0. The highest BCUT2D eigenvalue weighted by atomic mass is 19.1. The zero-order valence-electron chi connectivity index (χ0n) is 9.14. The second kappa shape index (κ2) is 6.31. The number of rotatable bonds is 4. The van der Waals surface area contributed by atoms with Gasteiger partial charge in [-0.2, -0.15) is 4.99 Å². The van der Waals surface area contributed by atoms with Crippen LogP contribution in [0.4, 0.5) is 4.39 Å². The van der Waals surface area contributed by atoms with Gasteiger partial charge in [-0.05, 0) is 12.1 Å². The summed E-state index contributed by atoms with van der Waals surface area (Å²) >= 11 is 0. The van der Waals surface area contributed by atoms with Crippen LogP contribution in [0.1, 0.15) is 0 Å². The maximum Gasteiger partial charge on any atom is 0.218 e. The molecule has 6 N–H and O–H groups in total. The third-order valence-electron chi connectivity index (χ3n) is 1.70. The molecule has 0 aliphatic carbocycles. The average Bonchev–Trinajstić information content (AvgIpc) is 2.25. The lowest BCUT2D eigenvalue weighted by molar-refractivity contribution is 0.311. The molecule has 0 unspecified atom stereocenters. The first kappa shape index (κ1) is 12.8. The number of halogens is 1. The molecule has 1 aromatic rings.